The second-order valence-corrected chi connectivity index (χ2v) is 5.64. The number of carbonyl (C=O) groups excluding carboxylic acids is 1. The minimum atomic E-state index is -0.175. The molecule has 5 heteroatoms. The maximum absolute atomic E-state index is 11.7. The van der Waals surface area contributed by atoms with Gasteiger partial charge in [-0.1, -0.05) is 13.0 Å². The Kier molecular flexibility index (Phi) is 3.14. The Morgan fingerprint density at radius 3 is 3.11 bits per heavy atom. The number of hydrogen-bond acceptors (Lipinski definition) is 3. The van der Waals surface area contributed by atoms with Crippen LogP contribution in [0.2, 0.25) is 0 Å². The van der Waals surface area contributed by atoms with E-state index in [0.29, 0.717) is 11.8 Å². The molecule has 5 nitrogen and oxygen atoms in total. The summed E-state index contributed by atoms with van der Waals surface area (Å²) in [5.74, 6) is 0.935. The summed E-state index contributed by atoms with van der Waals surface area (Å²) in [4.78, 5) is 14.0. The van der Waals surface area contributed by atoms with Crippen LogP contribution in [0.1, 0.15) is 24.8 Å². The fraction of sp³-hybridized carbons (Fsp3) is 0.571. The lowest BCUT2D eigenvalue weighted by Crippen LogP contribution is -2.43. The summed E-state index contributed by atoms with van der Waals surface area (Å²) in [7, 11) is 0. The fourth-order valence-electron chi connectivity index (χ4n) is 3.74. The molecular weight excluding hydrogens is 240 g/mol. The molecule has 0 unspecified atom stereocenters. The lowest BCUT2D eigenvalue weighted by Gasteiger charge is -2.24. The van der Waals surface area contributed by atoms with Gasteiger partial charge in [0.2, 0.25) is 5.91 Å². The Bertz CT molecular complexity index is 495. The predicted octanol–water partition coefficient (Wildman–Crippen LogP) is 1.07. The van der Waals surface area contributed by atoms with Crippen LogP contribution in [0.3, 0.4) is 0 Å². The summed E-state index contributed by atoms with van der Waals surface area (Å²) in [5, 5.41) is 4.17. The van der Waals surface area contributed by atoms with Crippen LogP contribution in [0.25, 0.3) is 6.20 Å². The zero-order chi connectivity index (χ0) is 13.4. The van der Waals surface area contributed by atoms with E-state index in [1.807, 2.05) is 12.4 Å². The highest BCUT2D eigenvalue weighted by molar-refractivity contribution is 5.80. The van der Waals surface area contributed by atoms with Crippen LogP contribution in [0.15, 0.2) is 19.0 Å². The van der Waals surface area contributed by atoms with Crippen molar-refractivity contribution in [3.8, 4) is 0 Å². The highest BCUT2D eigenvalue weighted by Crippen LogP contribution is 2.42. The van der Waals surface area contributed by atoms with Gasteiger partial charge in [0, 0.05) is 31.0 Å². The number of rotatable bonds is 4. The molecule has 0 bridgehead atoms. The molecule has 2 N–H and O–H groups in total. The molecule has 19 heavy (non-hydrogen) atoms. The van der Waals surface area contributed by atoms with Crippen molar-refractivity contribution < 1.29 is 4.79 Å². The van der Waals surface area contributed by atoms with E-state index in [9.17, 15) is 4.79 Å². The van der Waals surface area contributed by atoms with Crippen LogP contribution >= 0.6 is 0 Å². The molecule has 0 spiro atoms. The molecule has 3 atom stereocenters. The van der Waals surface area contributed by atoms with Gasteiger partial charge in [0.05, 0.1) is 12.2 Å². The fourth-order valence-corrected chi connectivity index (χ4v) is 3.74. The van der Waals surface area contributed by atoms with Crippen molar-refractivity contribution in [2.45, 2.75) is 31.8 Å². The van der Waals surface area contributed by atoms with E-state index >= 15 is 0 Å². The third-order valence-electron chi connectivity index (χ3n) is 4.51. The van der Waals surface area contributed by atoms with Crippen LogP contribution in [0.5, 0.6) is 0 Å². The quantitative estimate of drug-likeness (QED) is 0.880. The first-order valence-corrected chi connectivity index (χ1v) is 6.88. The van der Waals surface area contributed by atoms with Crippen molar-refractivity contribution >= 4 is 12.1 Å². The van der Waals surface area contributed by atoms with E-state index in [-0.39, 0.29) is 11.9 Å². The monoisotopic (exact) mass is 260 g/mol. The molecule has 3 rings (SSSR count). The largest absolute Gasteiger partial charge is 0.368 e. The molecule has 0 radical (unpaired) electrons. The summed E-state index contributed by atoms with van der Waals surface area (Å²) in [6.07, 6.45) is 9.04. The Balaban J connectivity index is 1.76. The smallest absolute Gasteiger partial charge is 0.235 e. The number of hydrogen-bond donors (Lipinski definition) is 1. The van der Waals surface area contributed by atoms with Crippen LogP contribution in [0.4, 0.5) is 0 Å². The van der Waals surface area contributed by atoms with Crippen molar-refractivity contribution in [1.82, 2.24) is 14.7 Å². The van der Waals surface area contributed by atoms with Crippen molar-refractivity contribution in [3.63, 3.8) is 0 Å². The van der Waals surface area contributed by atoms with Gasteiger partial charge in [-0.3, -0.25) is 9.69 Å². The average molecular weight is 260 g/mol. The van der Waals surface area contributed by atoms with Crippen molar-refractivity contribution in [1.29, 1.82) is 0 Å². The van der Waals surface area contributed by atoms with Gasteiger partial charge in [-0.15, -0.1) is 0 Å². The SMILES string of the molecule is C=Cn1cc(CN2C[C@@H]3CCC[C@H]3[C@@H]2C(N)=O)cn1. The Labute approximate surface area is 113 Å². The summed E-state index contributed by atoms with van der Waals surface area (Å²) in [6, 6.07) is -0.0976. The Hall–Kier alpha value is -1.62. The van der Waals surface area contributed by atoms with Crippen molar-refractivity contribution in [2.24, 2.45) is 17.6 Å². The number of likely N-dealkylation sites (tertiary alicyclic amines) is 1. The molecule has 0 aromatic carbocycles. The maximum atomic E-state index is 11.7. The zero-order valence-corrected chi connectivity index (χ0v) is 11.0. The third-order valence-corrected chi connectivity index (χ3v) is 4.51. The molecule has 2 aliphatic rings. The van der Waals surface area contributed by atoms with Crippen molar-refractivity contribution in [2.75, 3.05) is 6.54 Å². The second kappa shape index (κ2) is 4.81. The number of carbonyl (C=O) groups is 1. The average Bonchev–Trinajstić information content (AvgIpc) is 3.03. The number of nitrogens with two attached hydrogens (primary N) is 1. The summed E-state index contributed by atoms with van der Waals surface area (Å²) in [5.41, 5.74) is 6.71. The van der Waals surface area contributed by atoms with Gasteiger partial charge in [-0.25, -0.2) is 4.68 Å². The third kappa shape index (κ3) is 2.18. The van der Waals surface area contributed by atoms with Crippen LogP contribution in [0, 0.1) is 11.8 Å². The molecule has 1 aliphatic heterocycles. The number of amides is 1. The van der Waals surface area contributed by atoms with Gasteiger partial charge >= 0.3 is 0 Å². The Morgan fingerprint density at radius 1 is 1.58 bits per heavy atom. The second-order valence-electron chi connectivity index (χ2n) is 5.64. The first-order chi connectivity index (χ1) is 9.19. The highest BCUT2D eigenvalue weighted by atomic mass is 16.1. The standard InChI is InChI=1S/C14H20N4O/c1-2-18-8-10(6-16-18)7-17-9-11-4-3-5-12(11)13(17)14(15)19/h2,6,8,11-13H,1,3-5,7,9H2,(H2,15,19)/t11-,12+,13+/m0/s1. The summed E-state index contributed by atoms with van der Waals surface area (Å²) in [6.45, 7) is 5.41. The van der Waals surface area contributed by atoms with Gasteiger partial charge < -0.3 is 5.73 Å². The molecule has 102 valence electrons. The first-order valence-electron chi connectivity index (χ1n) is 6.88. The van der Waals surface area contributed by atoms with Gasteiger partial charge in [-0.2, -0.15) is 5.10 Å². The number of primary amides is 1. The van der Waals surface area contributed by atoms with Crippen molar-refractivity contribution in [3.05, 3.63) is 24.5 Å². The molecular formula is C14H20N4O. The summed E-state index contributed by atoms with van der Waals surface area (Å²) < 4.78 is 1.69. The first kappa shape index (κ1) is 12.4. The van der Waals surface area contributed by atoms with E-state index in [2.05, 4.69) is 16.6 Å². The van der Waals surface area contributed by atoms with Gasteiger partial charge in [-0.05, 0) is 24.7 Å². The number of aromatic nitrogens is 2. The van der Waals surface area contributed by atoms with Gasteiger partial charge in [0.15, 0.2) is 0 Å². The number of nitrogens with zero attached hydrogens (tertiary/aromatic N) is 3. The minimum Gasteiger partial charge on any atom is -0.368 e. The topological polar surface area (TPSA) is 64.2 Å². The highest BCUT2D eigenvalue weighted by Gasteiger charge is 2.46. The van der Waals surface area contributed by atoms with Gasteiger partial charge in [0.1, 0.15) is 0 Å². The van der Waals surface area contributed by atoms with Crippen LogP contribution < -0.4 is 5.73 Å². The molecule has 2 heterocycles. The van der Waals surface area contributed by atoms with E-state index in [4.69, 9.17) is 5.73 Å². The minimum absolute atomic E-state index is 0.0976. The number of fused-ring (bicyclic) bond motifs is 1. The van der Waals surface area contributed by atoms with Crippen LogP contribution in [-0.2, 0) is 11.3 Å². The van der Waals surface area contributed by atoms with Crippen LogP contribution in [-0.4, -0.2) is 33.2 Å². The molecule has 2 fully saturated rings. The normalized spacial score (nSPS) is 30.4. The van der Waals surface area contributed by atoms with E-state index in [1.54, 1.807) is 10.9 Å². The lowest BCUT2D eigenvalue weighted by atomic mass is 9.94. The van der Waals surface area contributed by atoms with E-state index in [0.717, 1.165) is 25.1 Å². The zero-order valence-electron chi connectivity index (χ0n) is 11.0. The van der Waals surface area contributed by atoms with Gasteiger partial charge in [0.25, 0.3) is 0 Å². The summed E-state index contributed by atoms with van der Waals surface area (Å²) >= 11 is 0. The Morgan fingerprint density at radius 2 is 2.42 bits per heavy atom. The molecule has 1 saturated heterocycles. The predicted molar refractivity (Wildman–Crippen MR) is 72.8 cm³/mol. The molecule has 1 amide bonds. The molecule has 1 aromatic heterocycles. The molecule has 1 saturated carbocycles. The maximum Gasteiger partial charge on any atom is 0.235 e. The van der Waals surface area contributed by atoms with E-state index in [1.165, 1.54) is 12.8 Å². The van der Waals surface area contributed by atoms with E-state index < -0.39 is 0 Å². The molecule has 1 aliphatic carbocycles. The molecule has 1 aromatic rings. The lowest BCUT2D eigenvalue weighted by molar-refractivity contribution is -0.123.